The highest BCUT2D eigenvalue weighted by Gasteiger charge is 2.18. The Bertz CT molecular complexity index is 549. The highest BCUT2D eigenvalue weighted by atomic mass is 32.1. The fourth-order valence-corrected chi connectivity index (χ4v) is 3.85. The van der Waals surface area contributed by atoms with Gasteiger partial charge in [0, 0.05) is 24.0 Å². The Morgan fingerprint density at radius 1 is 1.24 bits per heavy atom. The van der Waals surface area contributed by atoms with Crippen molar-refractivity contribution in [1.82, 2.24) is 10.2 Å². The number of benzene rings is 1. The number of nitrogens with zero attached hydrogens (tertiary/aromatic N) is 1. The molecule has 0 spiro atoms. The molecule has 1 atom stereocenters. The maximum Gasteiger partial charge on any atom is 0.0303 e. The van der Waals surface area contributed by atoms with E-state index in [0.29, 0.717) is 6.04 Å². The number of likely N-dealkylation sites (N-methyl/N-ethyl adjacent to an activating group) is 1. The smallest absolute Gasteiger partial charge is 0.0303 e. The summed E-state index contributed by atoms with van der Waals surface area (Å²) in [5, 5.41) is 6.01. The molecular formula is C18H24N2S. The first kappa shape index (κ1) is 14.8. The van der Waals surface area contributed by atoms with Gasteiger partial charge >= 0.3 is 0 Å². The fourth-order valence-electron chi connectivity index (χ4n) is 3.01. The van der Waals surface area contributed by atoms with Crippen LogP contribution in [0.15, 0.2) is 41.8 Å². The molecule has 2 aromatic rings. The quantitative estimate of drug-likeness (QED) is 0.898. The zero-order valence-corrected chi connectivity index (χ0v) is 13.5. The summed E-state index contributed by atoms with van der Waals surface area (Å²) in [5.41, 5.74) is 2.66. The maximum absolute atomic E-state index is 3.74. The molecule has 0 amide bonds. The average Bonchev–Trinajstić information content (AvgIpc) is 3.03. The topological polar surface area (TPSA) is 15.3 Å². The van der Waals surface area contributed by atoms with Gasteiger partial charge in [-0.2, -0.15) is 0 Å². The largest absolute Gasteiger partial charge is 0.308 e. The molecule has 1 saturated heterocycles. The summed E-state index contributed by atoms with van der Waals surface area (Å²) < 4.78 is 0. The van der Waals surface area contributed by atoms with Crippen LogP contribution < -0.4 is 5.32 Å². The number of rotatable bonds is 5. The van der Waals surface area contributed by atoms with Gasteiger partial charge in [0.05, 0.1) is 0 Å². The molecule has 1 aliphatic rings. The van der Waals surface area contributed by atoms with E-state index in [1.54, 1.807) is 0 Å². The zero-order chi connectivity index (χ0) is 14.5. The van der Waals surface area contributed by atoms with Gasteiger partial charge < -0.3 is 10.2 Å². The number of hydrogen-bond donors (Lipinski definition) is 1. The van der Waals surface area contributed by atoms with Crippen LogP contribution in [0.4, 0.5) is 0 Å². The van der Waals surface area contributed by atoms with Crippen LogP contribution >= 0.6 is 11.3 Å². The van der Waals surface area contributed by atoms with Crippen molar-refractivity contribution in [3.8, 4) is 11.1 Å². The molecule has 0 aliphatic carbocycles. The third-order valence-corrected chi connectivity index (χ3v) is 5.22. The second-order valence-electron chi connectivity index (χ2n) is 5.78. The number of thiophene rings is 1. The van der Waals surface area contributed by atoms with Gasteiger partial charge in [-0.05, 0) is 48.5 Å². The fraction of sp³-hybridized carbons (Fsp3) is 0.444. The lowest BCUT2D eigenvalue weighted by Crippen LogP contribution is -2.45. The Morgan fingerprint density at radius 2 is 2.10 bits per heavy atom. The first-order valence-corrected chi connectivity index (χ1v) is 8.81. The minimum absolute atomic E-state index is 0.654. The van der Waals surface area contributed by atoms with E-state index in [4.69, 9.17) is 0 Å². The molecule has 112 valence electrons. The lowest BCUT2D eigenvalue weighted by molar-refractivity contribution is 0.198. The molecular weight excluding hydrogens is 276 g/mol. The monoisotopic (exact) mass is 300 g/mol. The molecule has 2 heterocycles. The summed E-state index contributed by atoms with van der Waals surface area (Å²) >= 11 is 1.86. The third-order valence-electron chi connectivity index (χ3n) is 4.28. The highest BCUT2D eigenvalue weighted by molar-refractivity contribution is 7.10. The predicted molar refractivity (Wildman–Crippen MR) is 91.7 cm³/mol. The van der Waals surface area contributed by atoms with Crippen molar-refractivity contribution in [3.05, 3.63) is 46.7 Å². The number of nitrogens with one attached hydrogen (secondary N) is 1. The maximum atomic E-state index is 3.74. The Morgan fingerprint density at radius 3 is 2.90 bits per heavy atom. The van der Waals surface area contributed by atoms with Gasteiger partial charge in [-0.25, -0.2) is 0 Å². The van der Waals surface area contributed by atoms with Gasteiger partial charge in [-0.1, -0.05) is 37.3 Å². The van der Waals surface area contributed by atoms with E-state index in [2.05, 4.69) is 58.9 Å². The third kappa shape index (κ3) is 3.94. The first-order valence-electron chi connectivity index (χ1n) is 7.93. The second-order valence-corrected chi connectivity index (χ2v) is 6.78. The van der Waals surface area contributed by atoms with Crippen LogP contribution in [0.1, 0.15) is 24.6 Å². The van der Waals surface area contributed by atoms with Crippen LogP contribution in [0.2, 0.25) is 0 Å². The molecule has 0 saturated carbocycles. The van der Waals surface area contributed by atoms with Crippen molar-refractivity contribution in [2.45, 2.75) is 32.4 Å². The van der Waals surface area contributed by atoms with Crippen molar-refractivity contribution in [2.24, 2.45) is 0 Å². The van der Waals surface area contributed by atoms with Crippen molar-refractivity contribution in [3.63, 3.8) is 0 Å². The van der Waals surface area contributed by atoms with Gasteiger partial charge in [0.15, 0.2) is 0 Å². The molecule has 1 N–H and O–H groups in total. The summed E-state index contributed by atoms with van der Waals surface area (Å²) in [7, 11) is 0. The van der Waals surface area contributed by atoms with Crippen molar-refractivity contribution >= 4 is 11.3 Å². The molecule has 1 unspecified atom stereocenters. The van der Waals surface area contributed by atoms with Crippen molar-refractivity contribution in [1.29, 1.82) is 0 Å². The number of likely N-dealkylation sites (tertiary alicyclic amines) is 1. The Kier molecular flexibility index (Phi) is 5.07. The molecule has 1 aliphatic heterocycles. The van der Waals surface area contributed by atoms with Crippen LogP contribution in [-0.2, 0) is 6.54 Å². The molecule has 0 bridgehead atoms. The molecule has 3 heteroatoms. The number of piperidine rings is 1. The van der Waals surface area contributed by atoms with E-state index in [1.165, 1.54) is 48.5 Å². The Hall–Kier alpha value is -1.16. The van der Waals surface area contributed by atoms with Crippen molar-refractivity contribution < 1.29 is 0 Å². The Balaban J connectivity index is 1.55. The molecule has 2 nitrogen and oxygen atoms in total. The van der Waals surface area contributed by atoms with Crippen molar-refractivity contribution in [2.75, 3.05) is 19.6 Å². The molecule has 1 fully saturated rings. The molecule has 0 radical (unpaired) electrons. The standard InChI is InChI=1S/C18H24N2S/c1-2-20-10-6-9-17(13-20)19-12-18-11-16(14-21-18)15-7-4-3-5-8-15/h3-5,7-8,11,14,17,19H,2,6,9-10,12-13H2,1H3. The molecule has 1 aromatic heterocycles. The normalized spacial score (nSPS) is 19.8. The van der Waals surface area contributed by atoms with Crippen LogP contribution in [-0.4, -0.2) is 30.6 Å². The lowest BCUT2D eigenvalue weighted by atomic mass is 10.1. The first-order chi connectivity index (χ1) is 10.3. The van der Waals surface area contributed by atoms with E-state index in [9.17, 15) is 0 Å². The van der Waals surface area contributed by atoms with Gasteiger partial charge in [-0.15, -0.1) is 11.3 Å². The summed E-state index contributed by atoms with van der Waals surface area (Å²) in [4.78, 5) is 3.98. The summed E-state index contributed by atoms with van der Waals surface area (Å²) in [5.74, 6) is 0. The number of hydrogen-bond acceptors (Lipinski definition) is 3. The minimum atomic E-state index is 0.654. The summed E-state index contributed by atoms with van der Waals surface area (Å²) in [6.45, 7) is 6.90. The van der Waals surface area contributed by atoms with E-state index >= 15 is 0 Å². The Labute approximate surface area is 131 Å². The average molecular weight is 300 g/mol. The molecule has 21 heavy (non-hydrogen) atoms. The molecule has 3 rings (SSSR count). The highest BCUT2D eigenvalue weighted by Crippen LogP contribution is 2.25. The lowest BCUT2D eigenvalue weighted by Gasteiger charge is -2.32. The van der Waals surface area contributed by atoms with Crippen LogP contribution in [0, 0.1) is 0 Å². The van der Waals surface area contributed by atoms with Gasteiger partial charge in [0.2, 0.25) is 0 Å². The van der Waals surface area contributed by atoms with Crippen LogP contribution in [0.5, 0.6) is 0 Å². The summed E-state index contributed by atoms with van der Waals surface area (Å²) in [6, 6.07) is 13.6. The van der Waals surface area contributed by atoms with E-state index in [-0.39, 0.29) is 0 Å². The van der Waals surface area contributed by atoms with Gasteiger partial charge in [0.25, 0.3) is 0 Å². The van der Waals surface area contributed by atoms with E-state index in [1.807, 2.05) is 11.3 Å². The van der Waals surface area contributed by atoms with Crippen LogP contribution in [0.25, 0.3) is 11.1 Å². The van der Waals surface area contributed by atoms with Crippen LogP contribution in [0.3, 0.4) is 0 Å². The van der Waals surface area contributed by atoms with E-state index in [0.717, 1.165) is 6.54 Å². The predicted octanol–water partition coefficient (Wildman–Crippen LogP) is 3.99. The SMILES string of the molecule is CCN1CCCC(NCc2cc(-c3ccccc3)cs2)C1. The zero-order valence-electron chi connectivity index (χ0n) is 12.7. The second kappa shape index (κ2) is 7.21. The molecule has 1 aromatic carbocycles. The van der Waals surface area contributed by atoms with E-state index < -0.39 is 0 Å². The van der Waals surface area contributed by atoms with Gasteiger partial charge in [-0.3, -0.25) is 0 Å². The minimum Gasteiger partial charge on any atom is -0.308 e. The summed E-state index contributed by atoms with van der Waals surface area (Å²) in [6.07, 6.45) is 2.64. The van der Waals surface area contributed by atoms with Gasteiger partial charge in [0.1, 0.15) is 0 Å².